The van der Waals surface area contributed by atoms with Gasteiger partial charge in [-0.1, -0.05) is 0 Å². The van der Waals surface area contributed by atoms with Crippen molar-refractivity contribution in [2.24, 2.45) is 5.73 Å². The van der Waals surface area contributed by atoms with Gasteiger partial charge in [0.25, 0.3) is 0 Å². The molecule has 1 aromatic rings. The number of nitrogens with two attached hydrogens (primary N) is 1. The lowest BCUT2D eigenvalue weighted by molar-refractivity contribution is 0.524. The standard InChI is InChI=1S/C9H7BrF2N2/c10-5-1-2-6(11)8(9(5)12)7(14)3-4-13/h1-2,7H,3,14H2/t7-/m0/s1. The van der Waals surface area contributed by atoms with Gasteiger partial charge >= 0.3 is 0 Å². The van der Waals surface area contributed by atoms with Crippen LogP contribution in [0.2, 0.25) is 0 Å². The Kier molecular flexibility index (Phi) is 3.55. The lowest BCUT2D eigenvalue weighted by Crippen LogP contribution is -2.13. The third kappa shape index (κ3) is 2.08. The van der Waals surface area contributed by atoms with Crippen molar-refractivity contribution in [1.82, 2.24) is 0 Å². The summed E-state index contributed by atoms with van der Waals surface area (Å²) in [5.41, 5.74) is 5.20. The molecule has 0 aliphatic carbocycles. The smallest absolute Gasteiger partial charge is 0.145 e. The number of halogens is 3. The van der Waals surface area contributed by atoms with Crippen LogP contribution in [0.4, 0.5) is 8.78 Å². The van der Waals surface area contributed by atoms with E-state index in [2.05, 4.69) is 15.9 Å². The van der Waals surface area contributed by atoms with E-state index in [9.17, 15) is 8.78 Å². The SMILES string of the molecule is N#CC[C@H](N)c1c(F)ccc(Br)c1F. The summed E-state index contributed by atoms with van der Waals surface area (Å²) < 4.78 is 26.7. The number of nitrogens with zero attached hydrogens (tertiary/aromatic N) is 1. The second-order valence-electron chi connectivity index (χ2n) is 2.73. The second kappa shape index (κ2) is 4.49. The Morgan fingerprint density at radius 1 is 1.50 bits per heavy atom. The highest BCUT2D eigenvalue weighted by atomic mass is 79.9. The predicted octanol–water partition coefficient (Wildman–Crippen LogP) is 2.64. The van der Waals surface area contributed by atoms with Crippen LogP contribution < -0.4 is 5.73 Å². The predicted molar refractivity (Wildman–Crippen MR) is 51.2 cm³/mol. The van der Waals surface area contributed by atoms with Gasteiger partial charge in [0, 0.05) is 11.6 Å². The first-order valence-corrected chi connectivity index (χ1v) is 4.63. The zero-order chi connectivity index (χ0) is 10.7. The summed E-state index contributed by atoms with van der Waals surface area (Å²) in [6.45, 7) is 0. The van der Waals surface area contributed by atoms with Crippen LogP contribution in [0.15, 0.2) is 16.6 Å². The first-order valence-electron chi connectivity index (χ1n) is 3.84. The van der Waals surface area contributed by atoms with E-state index in [1.54, 1.807) is 6.07 Å². The fourth-order valence-corrected chi connectivity index (χ4v) is 1.43. The van der Waals surface area contributed by atoms with Gasteiger partial charge in [-0.05, 0) is 28.1 Å². The van der Waals surface area contributed by atoms with Gasteiger partial charge < -0.3 is 5.73 Å². The molecule has 0 bridgehead atoms. The van der Waals surface area contributed by atoms with Crippen LogP contribution in [0.5, 0.6) is 0 Å². The van der Waals surface area contributed by atoms with Gasteiger partial charge in [-0.15, -0.1) is 0 Å². The van der Waals surface area contributed by atoms with E-state index in [-0.39, 0.29) is 16.5 Å². The molecule has 0 radical (unpaired) electrons. The van der Waals surface area contributed by atoms with E-state index in [0.29, 0.717) is 0 Å². The summed E-state index contributed by atoms with van der Waals surface area (Å²) in [7, 11) is 0. The molecule has 0 aliphatic rings. The molecular formula is C9H7BrF2N2. The first-order chi connectivity index (χ1) is 6.57. The monoisotopic (exact) mass is 260 g/mol. The Morgan fingerprint density at radius 2 is 2.14 bits per heavy atom. The number of nitriles is 1. The molecule has 2 N–H and O–H groups in total. The highest BCUT2D eigenvalue weighted by Gasteiger charge is 2.18. The Labute approximate surface area is 88.5 Å². The van der Waals surface area contributed by atoms with Crippen molar-refractivity contribution in [1.29, 1.82) is 5.26 Å². The molecule has 0 unspecified atom stereocenters. The molecule has 0 aliphatic heterocycles. The van der Waals surface area contributed by atoms with Crippen molar-refractivity contribution in [3.63, 3.8) is 0 Å². The molecular weight excluding hydrogens is 254 g/mol. The number of hydrogen-bond acceptors (Lipinski definition) is 2. The quantitative estimate of drug-likeness (QED) is 0.832. The second-order valence-corrected chi connectivity index (χ2v) is 3.58. The van der Waals surface area contributed by atoms with Gasteiger partial charge in [-0.2, -0.15) is 5.26 Å². The van der Waals surface area contributed by atoms with Gasteiger partial charge in [0.15, 0.2) is 0 Å². The van der Waals surface area contributed by atoms with Gasteiger partial charge in [0.05, 0.1) is 17.0 Å². The lowest BCUT2D eigenvalue weighted by Gasteiger charge is -2.11. The number of rotatable bonds is 2. The Balaban J connectivity index is 3.19. The molecule has 14 heavy (non-hydrogen) atoms. The minimum Gasteiger partial charge on any atom is -0.323 e. The van der Waals surface area contributed by atoms with E-state index < -0.39 is 17.7 Å². The normalized spacial score (nSPS) is 12.2. The molecule has 0 heterocycles. The Bertz CT molecular complexity index is 387. The van der Waals surface area contributed by atoms with Crippen molar-refractivity contribution >= 4 is 15.9 Å². The molecule has 0 fully saturated rings. The lowest BCUT2D eigenvalue weighted by atomic mass is 10.0. The summed E-state index contributed by atoms with van der Waals surface area (Å²) in [6, 6.07) is 3.20. The molecule has 1 aromatic carbocycles. The minimum atomic E-state index is -0.933. The van der Waals surface area contributed by atoms with Crippen molar-refractivity contribution in [2.45, 2.75) is 12.5 Å². The van der Waals surface area contributed by atoms with Crippen LogP contribution in [-0.2, 0) is 0 Å². The molecule has 2 nitrogen and oxygen atoms in total. The van der Waals surface area contributed by atoms with E-state index in [0.717, 1.165) is 6.07 Å². The topological polar surface area (TPSA) is 49.8 Å². The summed E-state index contributed by atoms with van der Waals surface area (Å²) >= 11 is 2.92. The maximum atomic E-state index is 13.4. The van der Waals surface area contributed by atoms with Crippen molar-refractivity contribution in [3.05, 3.63) is 33.8 Å². The van der Waals surface area contributed by atoms with Gasteiger partial charge in [0.1, 0.15) is 11.6 Å². The average molecular weight is 261 g/mol. The highest BCUT2D eigenvalue weighted by Crippen LogP contribution is 2.26. The molecule has 1 atom stereocenters. The van der Waals surface area contributed by atoms with E-state index in [1.165, 1.54) is 6.07 Å². The largest absolute Gasteiger partial charge is 0.323 e. The Hall–Kier alpha value is -0.990. The van der Waals surface area contributed by atoms with Crippen LogP contribution in [0, 0.1) is 23.0 Å². The van der Waals surface area contributed by atoms with Crippen LogP contribution in [0.25, 0.3) is 0 Å². The highest BCUT2D eigenvalue weighted by molar-refractivity contribution is 9.10. The number of hydrogen-bond donors (Lipinski definition) is 1. The van der Waals surface area contributed by atoms with Gasteiger partial charge in [0.2, 0.25) is 0 Å². The first kappa shape index (κ1) is 11.1. The fraction of sp³-hybridized carbons (Fsp3) is 0.222. The molecule has 0 amide bonds. The zero-order valence-corrected chi connectivity index (χ0v) is 8.68. The maximum Gasteiger partial charge on any atom is 0.145 e. The fourth-order valence-electron chi connectivity index (χ4n) is 1.08. The summed E-state index contributed by atoms with van der Waals surface area (Å²) in [4.78, 5) is 0. The van der Waals surface area contributed by atoms with Crippen molar-refractivity contribution in [3.8, 4) is 6.07 Å². The average Bonchev–Trinajstić information content (AvgIpc) is 2.13. The van der Waals surface area contributed by atoms with Crippen LogP contribution in [0.1, 0.15) is 18.0 Å². The summed E-state index contributed by atoms with van der Waals surface area (Å²) in [6.07, 6.45) is -0.121. The van der Waals surface area contributed by atoms with E-state index in [4.69, 9.17) is 11.0 Å². The van der Waals surface area contributed by atoms with Gasteiger partial charge in [-0.25, -0.2) is 8.78 Å². The molecule has 0 saturated heterocycles. The molecule has 0 saturated carbocycles. The zero-order valence-electron chi connectivity index (χ0n) is 7.10. The molecule has 74 valence electrons. The summed E-state index contributed by atoms with van der Waals surface area (Å²) in [5, 5.41) is 8.36. The third-order valence-corrected chi connectivity index (χ3v) is 2.37. The molecule has 1 rings (SSSR count). The third-order valence-electron chi connectivity index (χ3n) is 1.76. The van der Waals surface area contributed by atoms with Crippen LogP contribution >= 0.6 is 15.9 Å². The van der Waals surface area contributed by atoms with E-state index in [1.807, 2.05) is 0 Å². The molecule has 0 spiro atoms. The van der Waals surface area contributed by atoms with Crippen LogP contribution in [0.3, 0.4) is 0 Å². The van der Waals surface area contributed by atoms with Crippen LogP contribution in [-0.4, -0.2) is 0 Å². The minimum absolute atomic E-state index is 0.121. The van der Waals surface area contributed by atoms with Crippen molar-refractivity contribution < 1.29 is 8.78 Å². The van der Waals surface area contributed by atoms with Crippen molar-refractivity contribution in [2.75, 3.05) is 0 Å². The number of benzene rings is 1. The summed E-state index contributed by atoms with van der Waals surface area (Å²) in [5.74, 6) is -1.47. The van der Waals surface area contributed by atoms with Gasteiger partial charge in [-0.3, -0.25) is 0 Å². The maximum absolute atomic E-state index is 13.4. The molecule has 5 heteroatoms. The Morgan fingerprint density at radius 3 is 2.71 bits per heavy atom. The van der Waals surface area contributed by atoms with E-state index >= 15 is 0 Å². The molecule has 0 aromatic heterocycles.